The molecule has 0 aliphatic heterocycles. The summed E-state index contributed by atoms with van der Waals surface area (Å²) in [6, 6.07) is 9.55. The first-order chi connectivity index (χ1) is 8.39. The molecule has 2 aromatic rings. The van der Waals surface area contributed by atoms with E-state index in [2.05, 4.69) is 20.8 Å². The Hall–Kier alpha value is -1.61. The Labute approximate surface area is 111 Å². The van der Waals surface area contributed by atoms with Gasteiger partial charge >= 0.3 is 0 Å². The zero-order chi connectivity index (χ0) is 13.3. The van der Waals surface area contributed by atoms with Gasteiger partial charge in [-0.15, -0.1) is 11.3 Å². The van der Waals surface area contributed by atoms with Gasteiger partial charge in [0.05, 0.1) is 10.6 Å². The van der Waals surface area contributed by atoms with Crippen molar-refractivity contribution in [1.29, 1.82) is 0 Å². The molecule has 0 unspecified atom stereocenters. The lowest BCUT2D eigenvalue weighted by atomic mass is 9.86. The number of hydrogen-bond donors (Lipinski definition) is 1. The molecule has 0 radical (unpaired) electrons. The lowest BCUT2D eigenvalue weighted by Gasteiger charge is -2.18. The van der Waals surface area contributed by atoms with Crippen molar-refractivity contribution in [2.75, 3.05) is 5.73 Å². The molecule has 0 atom stereocenters. The highest BCUT2D eigenvalue weighted by Crippen LogP contribution is 2.25. The normalized spacial score (nSPS) is 11.5. The molecule has 2 nitrogen and oxygen atoms in total. The van der Waals surface area contributed by atoms with Gasteiger partial charge in [0.15, 0.2) is 5.78 Å². The zero-order valence-electron chi connectivity index (χ0n) is 10.9. The quantitative estimate of drug-likeness (QED) is 0.832. The molecule has 0 aliphatic carbocycles. The van der Waals surface area contributed by atoms with E-state index in [0.29, 0.717) is 16.1 Å². The molecule has 2 N–H and O–H groups in total. The van der Waals surface area contributed by atoms with Crippen molar-refractivity contribution >= 4 is 22.1 Å². The van der Waals surface area contributed by atoms with E-state index in [1.165, 1.54) is 16.9 Å². The van der Waals surface area contributed by atoms with E-state index in [-0.39, 0.29) is 11.2 Å². The Morgan fingerprint density at radius 3 is 2.17 bits per heavy atom. The maximum absolute atomic E-state index is 12.2. The SMILES string of the molecule is CC(C)(C)c1ccc(C(=O)c2ccsc2N)cc1. The Morgan fingerprint density at radius 2 is 1.72 bits per heavy atom. The van der Waals surface area contributed by atoms with Crippen LogP contribution in [0.25, 0.3) is 0 Å². The summed E-state index contributed by atoms with van der Waals surface area (Å²) in [7, 11) is 0. The number of anilines is 1. The van der Waals surface area contributed by atoms with Crippen molar-refractivity contribution in [2.24, 2.45) is 0 Å². The lowest BCUT2D eigenvalue weighted by molar-refractivity contribution is 0.104. The smallest absolute Gasteiger partial charge is 0.195 e. The van der Waals surface area contributed by atoms with E-state index in [4.69, 9.17) is 5.73 Å². The Balaban J connectivity index is 2.31. The minimum atomic E-state index is -0.00536. The largest absolute Gasteiger partial charge is 0.390 e. The number of carbonyl (C=O) groups is 1. The number of ketones is 1. The van der Waals surface area contributed by atoms with Gasteiger partial charge in [-0.3, -0.25) is 4.79 Å². The molecular weight excluding hydrogens is 242 g/mol. The third-order valence-electron chi connectivity index (χ3n) is 2.95. The molecule has 0 amide bonds. The van der Waals surface area contributed by atoms with Crippen molar-refractivity contribution in [3.63, 3.8) is 0 Å². The molecule has 18 heavy (non-hydrogen) atoms. The fraction of sp³-hybridized carbons (Fsp3) is 0.267. The number of benzene rings is 1. The van der Waals surface area contributed by atoms with Crippen molar-refractivity contribution in [3.8, 4) is 0 Å². The molecule has 1 aromatic heterocycles. The van der Waals surface area contributed by atoms with Crippen molar-refractivity contribution in [2.45, 2.75) is 26.2 Å². The van der Waals surface area contributed by atoms with Gasteiger partial charge in [0, 0.05) is 5.56 Å². The summed E-state index contributed by atoms with van der Waals surface area (Å²) in [4.78, 5) is 12.2. The van der Waals surface area contributed by atoms with Crippen LogP contribution in [0.5, 0.6) is 0 Å². The van der Waals surface area contributed by atoms with E-state index in [1.807, 2.05) is 29.6 Å². The third-order valence-corrected chi connectivity index (χ3v) is 3.70. The summed E-state index contributed by atoms with van der Waals surface area (Å²) < 4.78 is 0. The van der Waals surface area contributed by atoms with Crippen LogP contribution in [0.1, 0.15) is 42.3 Å². The summed E-state index contributed by atoms with van der Waals surface area (Å²) in [5.41, 5.74) is 8.38. The average molecular weight is 259 g/mol. The summed E-state index contributed by atoms with van der Waals surface area (Å²) in [5.74, 6) is -0.00536. The van der Waals surface area contributed by atoms with Gasteiger partial charge in [0.1, 0.15) is 0 Å². The van der Waals surface area contributed by atoms with Crippen molar-refractivity contribution in [3.05, 3.63) is 52.4 Å². The molecule has 94 valence electrons. The van der Waals surface area contributed by atoms with E-state index >= 15 is 0 Å². The number of nitrogen functional groups attached to an aromatic ring is 1. The standard InChI is InChI=1S/C15H17NOS/c1-15(2,3)11-6-4-10(5-7-11)13(17)12-8-9-18-14(12)16/h4-9H,16H2,1-3H3. The molecule has 3 heteroatoms. The van der Waals surface area contributed by atoms with Crippen LogP contribution in [0.15, 0.2) is 35.7 Å². The molecule has 0 saturated carbocycles. The Morgan fingerprint density at radius 1 is 1.11 bits per heavy atom. The molecule has 0 aliphatic rings. The predicted octanol–water partition coefficient (Wildman–Crippen LogP) is 3.86. The number of carbonyl (C=O) groups excluding carboxylic acids is 1. The van der Waals surface area contributed by atoms with Gasteiger partial charge in [0.2, 0.25) is 0 Å². The Bertz CT molecular complexity index is 561. The summed E-state index contributed by atoms with van der Waals surface area (Å²) in [6.45, 7) is 6.46. The highest BCUT2D eigenvalue weighted by molar-refractivity contribution is 7.14. The van der Waals surface area contributed by atoms with Gasteiger partial charge < -0.3 is 5.73 Å². The van der Waals surface area contributed by atoms with Crippen molar-refractivity contribution in [1.82, 2.24) is 0 Å². The molecule has 2 rings (SSSR count). The number of hydrogen-bond acceptors (Lipinski definition) is 3. The lowest BCUT2D eigenvalue weighted by Crippen LogP contribution is -2.11. The topological polar surface area (TPSA) is 43.1 Å². The van der Waals surface area contributed by atoms with Crippen LogP contribution in [0.2, 0.25) is 0 Å². The molecule has 0 fully saturated rings. The number of rotatable bonds is 2. The van der Waals surface area contributed by atoms with Crippen LogP contribution in [0.4, 0.5) is 5.00 Å². The molecule has 0 saturated heterocycles. The molecule has 0 spiro atoms. The first-order valence-electron chi connectivity index (χ1n) is 5.88. The first kappa shape index (κ1) is 12.8. The molecule has 1 heterocycles. The van der Waals surface area contributed by atoms with Gasteiger partial charge in [-0.2, -0.15) is 0 Å². The number of nitrogens with two attached hydrogens (primary N) is 1. The van der Waals surface area contributed by atoms with Crippen LogP contribution < -0.4 is 5.73 Å². The highest BCUT2D eigenvalue weighted by Gasteiger charge is 2.16. The second kappa shape index (κ2) is 4.58. The summed E-state index contributed by atoms with van der Waals surface area (Å²) in [5, 5.41) is 2.42. The van der Waals surface area contributed by atoms with Crippen LogP contribution in [0.3, 0.4) is 0 Å². The molecular formula is C15H17NOS. The average Bonchev–Trinajstić information content (AvgIpc) is 2.73. The monoisotopic (exact) mass is 259 g/mol. The van der Waals surface area contributed by atoms with Gasteiger partial charge in [-0.1, -0.05) is 45.0 Å². The van der Waals surface area contributed by atoms with Crippen molar-refractivity contribution < 1.29 is 4.79 Å². The maximum atomic E-state index is 12.2. The van der Waals surface area contributed by atoms with Crippen LogP contribution in [0, 0.1) is 0 Å². The fourth-order valence-electron chi connectivity index (χ4n) is 1.79. The molecule has 0 bridgehead atoms. The van der Waals surface area contributed by atoms with Crippen LogP contribution in [-0.4, -0.2) is 5.78 Å². The highest BCUT2D eigenvalue weighted by atomic mass is 32.1. The minimum absolute atomic E-state index is 0.00536. The van der Waals surface area contributed by atoms with Crippen LogP contribution in [-0.2, 0) is 5.41 Å². The Kier molecular flexibility index (Phi) is 3.26. The van der Waals surface area contributed by atoms with E-state index < -0.39 is 0 Å². The van der Waals surface area contributed by atoms with Gasteiger partial charge in [-0.05, 0) is 22.4 Å². The zero-order valence-corrected chi connectivity index (χ0v) is 11.7. The molecule has 1 aromatic carbocycles. The van der Waals surface area contributed by atoms with E-state index in [1.54, 1.807) is 6.07 Å². The van der Waals surface area contributed by atoms with E-state index in [9.17, 15) is 4.79 Å². The first-order valence-corrected chi connectivity index (χ1v) is 6.76. The number of thiophene rings is 1. The van der Waals surface area contributed by atoms with Crippen LogP contribution >= 0.6 is 11.3 Å². The van der Waals surface area contributed by atoms with Gasteiger partial charge in [0.25, 0.3) is 0 Å². The maximum Gasteiger partial charge on any atom is 0.195 e. The summed E-state index contributed by atoms with van der Waals surface area (Å²) in [6.07, 6.45) is 0. The predicted molar refractivity (Wildman–Crippen MR) is 77.3 cm³/mol. The fourth-order valence-corrected chi connectivity index (χ4v) is 2.42. The van der Waals surface area contributed by atoms with Gasteiger partial charge in [-0.25, -0.2) is 0 Å². The third kappa shape index (κ3) is 2.46. The van der Waals surface area contributed by atoms with E-state index in [0.717, 1.165) is 0 Å². The summed E-state index contributed by atoms with van der Waals surface area (Å²) >= 11 is 1.39. The second-order valence-corrected chi connectivity index (χ2v) is 6.30. The second-order valence-electron chi connectivity index (χ2n) is 5.36. The minimum Gasteiger partial charge on any atom is -0.390 e.